The first kappa shape index (κ1) is 21.1. The highest BCUT2D eigenvalue weighted by molar-refractivity contribution is 7.89. The fraction of sp³-hybridized carbons (Fsp3) is 0.150. The van der Waals surface area contributed by atoms with Crippen LogP contribution in [0.3, 0.4) is 0 Å². The molecule has 0 unspecified atom stereocenters. The normalized spacial score (nSPS) is 14.8. The van der Waals surface area contributed by atoms with Crippen molar-refractivity contribution in [1.29, 1.82) is 0 Å². The summed E-state index contributed by atoms with van der Waals surface area (Å²) in [5, 5.41) is 5.58. The van der Waals surface area contributed by atoms with Gasteiger partial charge in [-0.3, -0.25) is 9.59 Å². The first-order valence-electron chi connectivity index (χ1n) is 9.23. The number of hydrogen-bond acceptors (Lipinski definition) is 6. The molecule has 1 aliphatic rings. The lowest BCUT2D eigenvalue weighted by atomic mass is 10.2. The van der Waals surface area contributed by atoms with E-state index in [9.17, 15) is 22.4 Å². The van der Waals surface area contributed by atoms with Crippen LogP contribution in [0.25, 0.3) is 10.6 Å². The first-order valence-corrected chi connectivity index (χ1v) is 11.5. The SMILES string of the molecule is O=C1CN(S(=O)(=O)c2cccc(NC(=O)c3cnc(-c4ccccc4F)s3)c2)CCN1. The van der Waals surface area contributed by atoms with Crippen molar-refractivity contribution in [3.63, 3.8) is 0 Å². The molecule has 11 heteroatoms. The Balaban J connectivity index is 1.52. The van der Waals surface area contributed by atoms with Crippen molar-refractivity contribution in [3.8, 4) is 10.6 Å². The van der Waals surface area contributed by atoms with Gasteiger partial charge in [-0.15, -0.1) is 11.3 Å². The van der Waals surface area contributed by atoms with Crippen LogP contribution in [0.15, 0.2) is 59.6 Å². The predicted octanol–water partition coefficient (Wildman–Crippen LogP) is 2.32. The van der Waals surface area contributed by atoms with Gasteiger partial charge in [-0.2, -0.15) is 4.31 Å². The lowest BCUT2D eigenvalue weighted by molar-refractivity contribution is -0.122. The highest BCUT2D eigenvalue weighted by Gasteiger charge is 2.29. The Labute approximate surface area is 181 Å². The number of amides is 2. The van der Waals surface area contributed by atoms with Crippen LogP contribution in [0.4, 0.5) is 10.1 Å². The number of piperazine rings is 1. The zero-order valence-corrected chi connectivity index (χ0v) is 17.7. The second-order valence-corrected chi connectivity index (χ2v) is 9.65. The second-order valence-electron chi connectivity index (χ2n) is 6.68. The van der Waals surface area contributed by atoms with Gasteiger partial charge in [0.2, 0.25) is 15.9 Å². The van der Waals surface area contributed by atoms with Crippen molar-refractivity contribution in [3.05, 3.63) is 65.4 Å². The standard InChI is InChI=1S/C20H17FN4O4S2/c21-16-7-2-1-6-15(16)20-23-11-17(30-20)19(27)24-13-4-3-5-14(10-13)31(28,29)25-9-8-22-18(26)12-25/h1-7,10-11H,8-9,12H2,(H,22,26)(H,24,27). The minimum absolute atomic E-state index is 0.0312. The smallest absolute Gasteiger partial charge is 0.267 e. The summed E-state index contributed by atoms with van der Waals surface area (Å²) in [5.74, 6) is -1.30. The van der Waals surface area contributed by atoms with Crippen LogP contribution in [0.5, 0.6) is 0 Å². The summed E-state index contributed by atoms with van der Waals surface area (Å²) >= 11 is 1.03. The number of rotatable bonds is 5. The third-order valence-corrected chi connectivity index (χ3v) is 7.44. The number of sulfonamides is 1. The summed E-state index contributed by atoms with van der Waals surface area (Å²) in [5.41, 5.74) is 0.568. The number of halogens is 1. The van der Waals surface area contributed by atoms with Crippen LogP contribution in [0.2, 0.25) is 0 Å². The fourth-order valence-electron chi connectivity index (χ4n) is 3.03. The molecule has 0 spiro atoms. The number of benzene rings is 2. The van der Waals surface area contributed by atoms with E-state index in [4.69, 9.17) is 0 Å². The van der Waals surface area contributed by atoms with E-state index in [0.29, 0.717) is 10.6 Å². The van der Waals surface area contributed by atoms with E-state index in [2.05, 4.69) is 15.6 Å². The summed E-state index contributed by atoms with van der Waals surface area (Å²) in [6.45, 7) is 0.160. The van der Waals surface area contributed by atoms with E-state index in [1.165, 1.54) is 30.5 Å². The molecule has 1 saturated heterocycles. The molecule has 160 valence electrons. The number of aromatic nitrogens is 1. The first-order chi connectivity index (χ1) is 14.8. The van der Waals surface area contributed by atoms with Crippen molar-refractivity contribution >= 4 is 38.9 Å². The van der Waals surface area contributed by atoms with Gasteiger partial charge in [0.15, 0.2) is 0 Å². The van der Waals surface area contributed by atoms with Gasteiger partial charge in [-0.25, -0.2) is 17.8 Å². The maximum Gasteiger partial charge on any atom is 0.267 e. The van der Waals surface area contributed by atoms with Crippen molar-refractivity contribution in [1.82, 2.24) is 14.6 Å². The third kappa shape index (κ3) is 4.48. The molecule has 0 aliphatic carbocycles. The van der Waals surface area contributed by atoms with E-state index in [1.54, 1.807) is 24.3 Å². The summed E-state index contributed by atoms with van der Waals surface area (Å²) in [6, 6.07) is 11.9. The Morgan fingerprint density at radius 2 is 2.00 bits per heavy atom. The molecule has 4 rings (SSSR count). The van der Waals surface area contributed by atoms with E-state index < -0.39 is 21.7 Å². The number of carbonyl (C=O) groups is 2. The number of nitrogens with one attached hydrogen (secondary N) is 2. The molecule has 2 amide bonds. The van der Waals surface area contributed by atoms with E-state index in [-0.39, 0.29) is 41.0 Å². The molecule has 31 heavy (non-hydrogen) atoms. The highest BCUT2D eigenvalue weighted by atomic mass is 32.2. The molecule has 0 atom stereocenters. The lowest BCUT2D eigenvalue weighted by Crippen LogP contribution is -2.49. The summed E-state index contributed by atoms with van der Waals surface area (Å²) < 4.78 is 40.7. The Morgan fingerprint density at radius 1 is 1.19 bits per heavy atom. The highest BCUT2D eigenvalue weighted by Crippen LogP contribution is 2.28. The fourth-order valence-corrected chi connectivity index (χ4v) is 5.32. The molecular formula is C20H17FN4O4S2. The summed E-state index contributed by atoms with van der Waals surface area (Å²) in [7, 11) is -3.88. The molecule has 3 aromatic rings. The van der Waals surface area contributed by atoms with Gasteiger partial charge in [0.05, 0.1) is 17.6 Å². The maximum absolute atomic E-state index is 13.9. The van der Waals surface area contributed by atoms with E-state index in [1.807, 2.05) is 0 Å². The van der Waals surface area contributed by atoms with Crippen molar-refractivity contribution in [2.24, 2.45) is 0 Å². The number of anilines is 1. The van der Waals surface area contributed by atoms with Gasteiger partial charge in [-0.1, -0.05) is 18.2 Å². The van der Waals surface area contributed by atoms with Crippen molar-refractivity contribution in [2.45, 2.75) is 4.90 Å². The minimum atomic E-state index is -3.88. The Morgan fingerprint density at radius 3 is 2.77 bits per heavy atom. The molecule has 0 radical (unpaired) electrons. The molecule has 2 N–H and O–H groups in total. The van der Waals surface area contributed by atoms with E-state index in [0.717, 1.165) is 15.6 Å². The number of thiazole rings is 1. The number of hydrogen-bond donors (Lipinski definition) is 2. The molecule has 1 fully saturated rings. The van der Waals surface area contributed by atoms with Crippen LogP contribution in [0.1, 0.15) is 9.67 Å². The van der Waals surface area contributed by atoms with Crippen LogP contribution >= 0.6 is 11.3 Å². The maximum atomic E-state index is 13.9. The molecule has 8 nitrogen and oxygen atoms in total. The van der Waals surface area contributed by atoms with Crippen molar-refractivity contribution in [2.75, 3.05) is 25.0 Å². The van der Waals surface area contributed by atoms with Crippen LogP contribution in [0, 0.1) is 5.82 Å². The molecular weight excluding hydrogens is 443 g/mol. The quantitative estimate of drug-likeness (QED) is 0.608. The number of nitrogens with zero attached hydrogens (tertiary/aromatic N) is 2. The van der Waals surface area contributed by atoms with Gasteiger partial charge < -0.3 is 10.6 Å². The Hall–Kier alpha value is -3.15. The summed E-state index contributed by atoms with van der Waals surface area (Å²) in [4.78, 5) is 28.5. The van der Waals surface area contributed by atoms with Crippen molar-refractivity contribution < 1.29 is 22.4 Å². The van der Waals surface area contributed by atoms with Gasteiger partial charge in [-0.05, 0) is 30.3 Å². The van der Waals surface area contributed by atoms with Crippen LogP contribution in [-0.2, 0) is 14.8 Å². The average Bonchev–Trinajstić information content (AvgIpc) is 3.24. The molecule has 0 bridgehead atoms. The zero-order chi connectivity index (χ0) is 22.0. The largest absolute Gasteiger partial charge is 0.354 e. The van der Waals surface area contributed by atoms with Gasteiger partial charge >= 0.3 is 0 Å². The van der Waals surface area contributed by atoms with Crippen LogP contribution < -0.4 is 10.6 Å². The number of carbonyl (C=O) groups excluding carboxylic acids is 2. The van der Waals surface area contributed by atoms with E-state index >= 15 is 0 Å². The lowest BCUT2D eigenvalue weighted by Gasteiger charge is -2.26. The molecule has 1 aliphatic heterocycles. The second kappa shape index (κ2) is 8.53. The van der Waals surface area contributed by atoms with Gasteiger partial charge in [0.25, 0.3) is 5.91 Å². The zero-order valence-electron chi connectivity index (χ0n) is 16.0. The van der Waals surface area contributed by atoms with Crippen LogP contribution in [-0.4, -0.2) is 49.2 Å². The predicted molar refractivity (Wildman–Crippen MR) is 114 cm³/mol. The van der Waals surface area contributed by atoms with Gasteiger partial charge in [0.1, 0.15) is 15.7 Å². The Bertz CT molecular complexity index is 1260. The molecule has 2 heterocycles. The Kier molecular flexibility index (Phi) is 5.81. The summed E-state index contributed by atoms with van der Waals surface area (Å²) in [6.07, 6.45) is 1.34. The van der Waals surface area contributed by atoms with Gasteiger partial charge in [0, 0.05) is 24.3 Å². The molecule has 2 aromatic carbocycles. The monoisotopic (exact) mass is 460 g/mol. The topological polar surface area (TPSA) is 108 Å². The molecule has 0 saturated carbocycles. The third-order valence-electron chi connectivity index (χ3n) is 4.57. The minimum Gasteiger partial charge on any atom is -0.354 e. The molecule has 1 aromatic heterocycles. The average molecular weight is 461 g/mol.